The molecule has 0 atom stereocenters. The van der Waals surface area contributed by atoms with Crippen LogP contribution in [0.2, 0.25) is 0 Å². The van der Waals surface area contributed by atoms with Crippen LogP contribution in [0.3, 0.4) is 0 Å². The summed E-state index contributed by atoms with van der Waals surface area (Å²) in [7, 11) is 0. The molecule has 6 nitrogen and oxygen atoms in total. The summed E-state index contributed by atoms with van der Waals surface area (Å²) in [6, 6.07) is 75.0. The summed E-state index contributed by atoms with van der Waals surface area (Å²) in [6.07, 6.45) is 0. The van der Waals surface area contributed by atoms with Crippen LogP contribution in [0, 0.1) is 0 Å². The van der Waals surface area contributed by atoms with Crippen LogP contribution in [0.15, 0.2) is 217 Å². The Morgan fingerprint density at radius 2 is 0.846 bits per heavy atom. The third kappa shape index (κ3) is 5.44. The predicted molar refractivity (Wildman–Crippen MR) is 267 cm³/mol. The molecule has 0 aliphatic heterocycles. The first-order valence-electron chi connectivity index (χ1n) is 21.9. The molecule has 0 spiro atoms. The highest BCUT2D eigenvalue weighted by Crippen LogP contribution is 2.43. The van der Waals surface area contributed by atoms with Gasteiger partial charge < -0.3 is 13.6 Å². The molecule has 14 rings (SSSR count). The number of nitrogens with zero attached hydrogens (tertiary/aromatic N) is 5. The second-order valence-electron chi connectivity index (χ2n) is 16.8. The van der Waals surface area contributed by atoms with Gasteiger partial charge in [0.25, 0.3) is 0 Å². The molecule has 0 aliphatic carbocycles. The molecule has 0 unspecified atom stereocenters. The molecule has 0 fully saturated rings. The van der Waals surface area contributed by atoms with Crippen molar-refractivity contribution in [3.63, 3.8) is 0 Å². The Hall–Kier alpha value is -8.87. The van der Waals surface area contributed by atoms with E-state index in [1.54, 1.807) is 0 Å². The van der Waals surface area contributed by atoms with Crippen molar-refractivity contribution in [2.24, 2.45) is 0 Å². The first kappa shape index (κ1) is 35.7. The monoisotopic (exact) mass is 829 g/mol. The van der Waals surface area contributed by atoms with Gasteiger partial charge in [-0.1, -0.05) is 140 Å². The van der Waals surface area contributed by atoms with Crippen molar-refractivity contribution >= 4 is 87.1 Å². The molecule has 0 saturated heterocycles. The fourth-order valence-electron chi connectivity index (χ4n) is 10.1. The fraction of sp³-hybridized carbons (Fsp3) is 0. The summed E-state index contributed by atoms with van der Waals surface area (Å²) in [4.78, 5) is 15.5. The molecule has 302 valence electrons. The predicted octanol–water partition coefficient (Wildman–Crippen LogP) is 15.3. The van der Waals surface area contributed by atoms with Gasteiger partial charge in [0.05, 0.1) is 27.8 Å². The molecule has 10 aromatic carbocycles. The largest absolute Gasteiger partial charge is 0.455 e. The zero-order valence-corrected chi connectivity index (χ0v) is 34.9. The standard InChI is InChI=1S/C59H35N5O/c1-3-15-36(16-4-1)57-60-58(39-28-30-52-47(32-39)43-22-11-13-25-50(43)63(52)41-19-5-2-6-20-41)62-59(61-57)40-27-29-45-49-35-54(42-21-9-10-24-46(42)56(49)65-55(45)34-40)64-51-26-14-12-23-44(51)48-31-37-17-7-8-18-38(37)33-53(48)64/h1-35H. The Morgan fingerprint density at radius 1 is 0.308 bits per heavy atom. The van der Waals surface area contributed by atoms with Gasteiger partial charge in [0.2, 0.25) is 0 Å². The summed E-state index contributed by atoms with van der Waals surface area (Å²) in [5.74, 6) is 1.79. The number of hydrogen-bond acceptors (Lipinski definition) is 4. The van der Waals surface area contributed by atoms with E-state index in [-0.39, 0.29) is 0 Å². The highest BCUT2D eigenvalue weighted by atomic mass is 16.3. The molecule has 4 aromatic heterocycles. The number of aromatic nitrogens is 5. The van der Waals surface area contributed by atoms with Gasteiger partial charge in [0.1, 0.15) is 11.2 Å². The Morgan fingerprint density at radius 3 is 1.58 bits per heavy atom. The summed E-state index contributed by atoms with van der Waals surface area (Å²) >= 11 is 0. The van der Waals surface area contributed by atoms with E-state index in [0.717, 1.165) is 77.2 Å². The molecule has 65 heavy (non-hydrogen) atoms. The van der Waals surface area contributed by atoms with Crippen LogP contribution in [0.4, 0.5) is 0 Å². The highest BCUT2D eigenvalue weighted by molar-refractivity contribution is 6.20. The van der Waals surface area contributed by atoms with Gasteiger partial charge in [0, 0.05) is 65.5 Å². The van der Waals surface area contributed by atoms with Crippen LogP contribution in [-0.2, 0) is 0 Å². The summed E-state index contributed by atoms with van der Waals surface area (Å²) in [6.45, 7) is 0. The molecule has 0 bridgehead atoms. The average molecular weight is 830 g/mol. The van der Waals surface area contributed by atoms with Crippen LogP contribution in [0.25, 0.3) is 133 Å². The first-order chi connectivity index (χ1) is 32.2. The Labute approximate surface area is 371 Å². The SMILES string of the molecule is c1ccc(-c2nc(-c3ccc4c(c3)oc3c5ccccc5c(-n5c6ccccc6c6cc7ccccc7cc65)cc43)nc(-c3ccc4c(c3)c3ccccc3n4-c3ccccc3)n2)cc1. The Kier molecular flexibility index (Phi) is 7.59. The van der Waals surface area contributed by atoms with E-state index in [1.807, 2.05) is 30.3 Å². The molecule has 4 heterocycles. The third-order valence-electron chi connectivity index (χ3n) is 13.1. The molecule has 0 saturated carbocycles. The van der Waals surface area contributed by atoms with Crippen molar-refractivity contribution in [1.82, 2.24) is 24.1 Å². The van der Waals surface area contributed by atoms with Gasteiger partial charge in [-0.3, -0.25) is 0 Å². The molecule has 0 amide bonds. The smallest absolute Gasteiger partial charge is 0.164 e. The van der Waals surface area contributed by atoms with Crippen LogP contribution >= 0.6 is 0 Å². The zero-order chi connectivity index (χ0) is 42.6. The van der Waals surface area contributed by atoms with Gasteiger partial charge in [-0.05, 0) is 83.6 Å². The maximum Gasteiger partial charge on any atom is 0.164 e. The molecule has 6 heteroatoms. The minimum absolute atomic E-state index is 0.575. The van der Waals surface area contributed by atoms with Gasteiger partial charge in [-0.15, -0.1) is 0 Å². The maximum absolute atomic E-state index is 6.91. The van der Waals surface area contributed by atoms with Crippen molar-refractivity contribution in [2.75, 3.05) is 0 Å². The van der Waals surface area contributed by atoms with Crippen LogP contribution in [0.1, 0.15) is 0 Å². The lowest BCUT2D eigenvalue weighted by atomic mass is 10.0. The second kappa shape index (κ2) is 13.8. The van der Waals surface area contributed by atoms with Crippen molar-refractivity contribution in [3.05, 3.63) is 212 Å². The van der Waals surface area contributed by atoms with E-state index < -0.39 is 0 Å². The minimum Gasteiger partial charge on any atom is -0.455 e. The van der Waals surface area contributed by atoms with Crippen molar-refractivity contribution in [3.8, 4) is 45.5 Å². The quantitative estimate of drug-likeness (QED) is 0.173. The number of fused-ring (bicyclic) bond motifs is 12. The third-order valence-corrected chi connectivity index (χ3v) is 13.1. The molecule has 0 radical (unpaired) electrons. The fourth-order valence-corrected chi connectivity index (χ4v) is 10.1. The van der Waals surface area contributed by atoms with E-state index in [9.17, 15) is 0 Å². The first-order valence-corrected chi connectivity index (χ1v) is 21.9. The topological polar surface area (TPSA) is 61.7 Å². The van der Waals surface area contributed by atoms with Crippen LogP contribution in [0.5, 0.6) is 0 Å². The summed E-state index contributed by atoms with van der Waals surface area (Å²) in [5.41, 5.74) is 11.1. The molecular weight excluding hydrogens is 795 g/mol. The van der Waals surface area contributed by atoms with E-state index in [0.29, 0.717) is 17.5 Å². The normalized spacial score (nSPS) is 12.0. The summed E-state index contributed by atoms with van der Waals surface area (Å²) in [5, 5.41) is 11.5. The second-order valence-corrected chi connectivity index (χ2v) is 16.8. The number of benzene rings is 10. The lowest BCUT2D eigenvalue weighted by Crippen LogP contribution is -2.00. The zero-order valence-electron chi connectivity index (χ0n) is 34.9. The van der Waals surface area contributed by atoms with Gasteiger partial charge in [-0.25, -0.2) is 15.0 Å². The van der Waals surface area contributed by atoms with Crippen molar-refractivity contribution in [2.45, 2.75) is 0 Å². The van der Waals surface area contributed by atoms with Crippen LogP contribution < -0.4 is 0 Å². The van der Waals surface area contributed by atoms with E-state index >= 15 is 0 Å². The molecular formula is C59H35N5O. The van der Waals surface area contributed by atoms with Crippen molar-refractivity contribution < 1.29 is 4.42 Å². The van der Waals surface area contributed by atoms with E-state index in [2.05, 4.69) is 191 Å². The number of furan rings is 1. The number of para-hydroxylation sites is 3. The Bertz CT molecular complexity index is 4240. The minimum atomic E-state index is 0.575. The summed E-state index contributed by atoms with van der Waals surface area (Å²) < 4.78 is 11.7. The molecule has 0 N–H and O–H groups in total. The molecule has 0 aliphatic rings. The van der Waals surface area contributed by atoms with Crippen LogP contribution in [-0.4, -0.2) is 24.1 Å². The van der Waals surface area contributed by atoms with Gasteiger partial charge in [-0.2, -0.15) is 0 Å². The number of hydrogen-bond donors (Lipinski definition) is 0. The van der Waals surface area contributed by atoms with E-state index in [1.165, 1.54) is 38.0 Å². The molecule has 14 aromatic rings. The van der Waals surface area contributed by atoms with E-state index in [4.69, 9.17) is 19.4 Å². The lowest BCUT2D eigenvalue weighted by molar-refractivity contribution is 0.672. The Balaban J connectivity index is 0.958. The number of rotatable bonds is 5. The maximum atomic E-state index is 6.91. The van der Waals surface area contributed by atoms with Gasteiger partial charge >= 0.3 is 0 Å². The lowest BCUT2D eigenvalue weighted by Gasteiger charge is -2.13. The van der Waals surface area contributed by atoms with Gasteiger partial charge in [0.15, 0.2) is 17.5 Å². The average Bonchev–Trinajstić information content (AvgIpc) is 4.02. The highest BCUT2D eigenvalue weighted by Gasteiger charge is 2.21. The van der Waals surface area contributed by atoms with Crippen molar-refractivity contribution in [1.29, 1.82) is 0 Å².